The molecule has 0 aliphatic rings. The quantitative estimate of drug-likeness (QED) is 0.768. The number of hydrogen-bond acceptors (Lipinski definition) is 3. The number of halogens is 1. The van der Waals surface area contributed by atoms with E-state index in [4.69, 9.17) is 10.5 Å². The van der Waals surface area contributed by atoms with Gasteiger partial charge in [-0.05, 0) is 22.9 Å². The van der Waals surface area contributed by atoms with Gasteiger partial charge in [-0.15, -0.1) is 0 Å². The van der Waals surface area contributed by atoms with E-state index in [-0.39, 0.29) is 0 Å². The largest absolute Gasteiger partial charge is 0.492 e. The molecule has 1 aromatic heterocycles. The molecule has 0 saturated heterocycles. The Labute approximate surface area is 73.7 Å². The Bertz CT molecular complexity index is 252. The van der Waals surface area contributed by atoms with Crippen LogP contribution in [0.2, 0.25) is 0 Å². The molecule has 60 valence electrons. The maximum atomic E-state index is 5.56. The van der Waals surface area contributed by atoms with Gasteiger partial charge in [0.15, 0.2) is 0 Å². The molecule has 0 saturated carbocycles. The predicted molar refractivity (Wildman–Crippen MR) is 47.5 cm³/mol. The normalized spacial score (nSPS) is 9.64. The highest BCUT2D eigenvalue weighted by Gasteiger charge is 1.98. The van der Waals surface area contributed by atoms with Gasteiger partial charge in [0.1, 0.15) is 10.4 Å². The van der Waals surface area contributed by atoms with E-state index in [0.29, 0.717) is 22.6 Å². The highest BCUT2D eigenvalue weighted by molar-refractivity contribution is 9.10. The van der Waals surface area contributed by atoms with Crippen LogP contribution in [-0.4, -0.2) is 11.6 Å². The zero-order chi connectivity index (χ0) is 8.27. The summed E-state index contributed by atoms with van der Waals surface area (Å²) < 4.78 is 5.83. The summed E-state index contributed by atoms with van der Waals surface area (Å²) in [5.41, 5.74) is 6.16. The molecule has 2 N–H and O–H groups in total. The summed E-state index contributed by atoms with van der Waals surface area (Å²) in [6.45, 7) is 2.54. The fourth-order valence-corrected chi connectivity index (χ4v) is 0.907. The van der Waals surface area contributed by atoms with Crippen LogP contribution in [0.5, 0.6) is 5.75 Å². The van der Waals surface area contributed by atoms with Crippen LogP contribution < -0.4 is 10.5 Å². The first-order valence-electron chi connectivity index (χ1n) is 3.28. The molecule has 1 aromatic rings. The Balaban J connectivity index is 2.86. The first kappa shape index (κ1) is 8.33. The van der Waals surface area contributed by atoms with Gasteiger partial charge in [-0.1, -0.05) is 0 Å². The summed E-state index contributed by atoms with van der Waals surface area (Å²) in [5, 5.41) is 0. The summed E-state index contributed by atoms with van der Waals surface area (Å²) in [6.07, 6.45) is 1.63. The van der Waals surface area contributed by atoms with Crippen LogP contribution in [0.1, 0.15) is 6.92 Å². The van der Waals surface area contributed by atoms with E-state index < -0.39 is 0 Å². The number of nitrogens with zero attached hydrogens (tertiary/aromatic N) is 1. The molecule has 0 unspecified atom stereocenters. The Kier molecular flexibility index (Phi) is 2.70. The Morgan fingerprint density at radius 2 is 2.45 bits per heavy atom. The average Bonchev–Trinajstić information content (AvgIpc) is 1.98. The summed E-state index contributed by atoms with van der Waals surface area (Å²) >= 11 is 3.19. The fourth-order valence-electron chi connectivity index (χ4n) is 0.691. The van der Waals surface area contributed by atoms with Gasteiger partial charge >= 0.3 is 0 Å². The van der Waals surface area contributed by atoms with Crippen molar-refractivity contribution >= 4 is 21.6 Å². The standard InChI is InChI=1S/C7H9BrN2O/c1-2-11-5-3-6(9)7(8)10-4-5/h3-4H,2,9H2,1H3. The van der Waals surface area contributed by atoms with Gasteiger partial charge in [0.25, 0.3) is 0 Å². The third kappa shape index (κ3) is 2.08. The number of aromatic nitrogens is 1. The Hall–Kier alpha value is -0.770. The first-order chi connectivity index (χ1) is 5.24. The smallest absolute Gasteiger partial charge is 0.139 e. The molecule has 3 nitrogen and oxygen atoms in total. The number of nitrogen functional groups attached to an aromatic ring is 1. The number of ether oxygens (including phenoxy) is 1. The third-order valence-corrected chi connectivity index (χ3v) is 1.81. The molecule has 0 atom stereocenters. The second-order valence-corrected chi connectivity index (χ2v) is 2.74. The molecule has 1 heterocycles. The maximum Gasteiger partial charge on any atom is 0.139 e. The van der Waals surface area contributed by atoms with Crippen molar-refractivity contribution in [1.82, 2.24) is 4.98 Å². The lowest BCUT2D eigenvalue weighted by Gasteiger charge is -2.03. The molecule has 0 aliphatic carbocycles. The van der Waals surface area contributed by atoms with Crippen LogP contribution in [-0.2, 0) is 0 Å². The predicted octanol–water partition coefficient (Wildman–Crippen LogP) is 1.82. The number of hydrogen-bond donors (Lipinski definition) is 1. The maximum absolute atomic E-state index is 5.56. The van der Waals surface area contributed by atoms with E-state index in [9.17, 15) is 0 Å². The Morgan fingerprint density at radius 3 is 3.00 bits per heavy atom. The first-order valence-corrected chi connectivity index (χ1v) is 4.07. The minimum Gasteiger partial charge on any atom is -0.492 e. The van der Waals surface area contributed by atoms with E-state index in [1.54, 1.807) is 12.3 Å². The molecule has 1 rings (SSSR count). The molecule has 0 fully saturated rings. The van der Waals surface area contributed by atoms with Crippen molar-refractivity contribution in [1.29, 1.82) is 0 Å². The summed E-state index contributed by atoms with van der Waals surface area (Å²) in [6, 6.07) is 1.74. The highest BCUT2D eigenvalue weighted by atomic mass is 79.9. The fraction of sp³-hybridized carbons (Fsp3) is 0.286. The minimum absolute atomic E-state index is 0.593. The van der Waals surface area contributed by atoms with Gasteiger partial charge in [-0.25, -0.2) is 4.98 Å². The van der Waals surface area contributed by atoms with Gasteiger partial charge in [0.05, 0.1) is 18.5 Å². The van der Waals surface area contributed by atoms with Crippen molar-refractivity contribution in [2.24, 2.45) is 0 Å². The van der Waals surface area contributed by atoms with E-state index in [1.165, 1.54) is 0 Å². The van der Waals surface area contributed by atoms with Gasteiger partial charge in [-0.3, -0.25) is 0 Å². The van der Waals surface area contributed by atoms with Crippen molar-refractivity contribution in [3.8, 4) is 5.75 Å². The summed E-state index contributed by atoms with van der Waals surface area (Å²) in [4.78, 5) is 3.96. The molecule has 0 radical (unpaired) electrons. The van der Waals surface area contributed by atoms with Crippen molar-refractivity contribution in [3.05, 3.63) is 16.9 Å². The van der Waals surface area contributed by atoms with E-state index in [0.717, 1.165) is 0 Å². The van der Waals surface area contributed by atoms with Gasteiger partial charge in [0.2, 0.25) is 0 Å². The van der Waals surface area contributed by atoms with E-state index in [2.05, 4.69) is 20.9 Å². The number of nitrogens with two attached hydrogens (primary N) is 1. The van der Waals surface area contributed by atoms with Crippen LogP contribution in [0.3, 0.4) is 0 Å². The lowest BCUT2D eigenvalue weighted by atomic mass is 10.4. The zero-order valence-electron chi connectivity index (χ0n) is 6.17. The van der Waals surface area contributed by atoms with Crippen molar-refractivity contribution < 1.29 is 4.74 Å². The number of anilines is 1. The highest BCUT2D eigenvalue weighted by Crippen LogP contribution is 2.20. The second kappa shape index (κ2) is 3.57. The van der Waals surface area contributed by atoms with Crippen molar-refractivity contribution in [2.45, 2.75) is 6.92 Å². The molecular formula is C7H9BrN2O. The minimum atomic E-state index is 0.593. The van der Waals surface area contributed by atoms with Crippen LogP contribution in [0.25, 0.3) is 0 Å². The molecule has 0 amide bonds. The van der Waals surface area contributed by atoms with Gasteiger partial charge < -0.3 is 10.5 Å². The molecule has 11 heavy (non-hydrogen) atoms. The lowest BCUT2D eigenvalue weighted by Crippen LogP contribution is -1.95. The van der Waals surface area contributed by atoms with Gasteiger partial charge in [0, 0.05) is 6.07 Å². The van der Waals surface area contributed by atoms with Crippen LogP contribution in [0, 0.1) is 0 Å². The van der Waals surface area contributed by atoms with Crippen molar-refractivity contribution in [3.63, 3.8) is 0 Å². The molecule has 4 heteroatoms. The Morgan fingerprint density at radius 1 is 1.73 bits per heavy atom. The average molecular weight is 217 g/mol. The zero-order valence-corrected chi connectivity index (χ0v) is 7.76. The number of pyridine rings is 1. The van der Waals surface area contributed by atoms with E-state index >= 15 is 0 Å². The second-order valence-electron chi connectivity index (χ2n) is 1.98. The molecule has 0 bridgehead atoms. The molecule has 0 aromatic carbocycles. The molecular weight excluding hydrogens is 208 g/mol. The third-order valence-electron chi connectivity index (χ3n) is 1.15. The van der Waals surface area contributed by atoms with Crippen LogP contribution >= 0.6 is 15.9 Å². The lowest BCUT2D eigenvalue weighted by molar-refractivity contribution is 0.339. The topological polar surface area (TPSA) is 48.1 Å². The SMILES string of the molecule is CCOc1cnc(Br)c(N)c1. The van der Waals surface area contributed by atoms with Gasteiger partial charge in [-0.2, -0.15) is 0 Å². The monoisotopic (exact) mass is 216 g/mol. The van der Waals surface area contributed by atoms with Crippen LogP contribution in [0.15, 0.2) is 16.9 Å². The molecule has 0 aliphatic heterocycles. The van der Waals surface area contributed by atoms with E-state index in [1.807, 2.05) is 6.92 Å². The summed E-state index contributed by atoms with van der Waals surface area (Å²) in [5.74, 6) is 0.702. The van der Waals surface area contributed by atoms with Crippen molar-refractivity contribution in [2.75, 3.05) is 12.3 Å². The summed E-state index contributed by atoms with van der Waals surface area (Å²) in [7, 11) is 0. The number of rotatable bonds is 2. The molecule has 0 spiro atoms. The van der Waals surface area contributed by atoms with Crippen LogP contribution in [0.4, 0.5) is 5.69 Å².